The van der Waals surface area contributed by atoms with Crippen LogP contribution in [-0.2, 0) is 15.6 Å². The zero-order chi connectivity index (χ0) is 15.2. The summed E-state index contributed by atoms with van der Waals surface area (Å²) in [6, 6.07) is 7.49. The standard InChI is InChI=1S/C15H19ClN2O2S/c1-10(9-21(2)20)18-13(11-3-5-12(16)6-4-11)17-15(7-8-15)14(18)19/h3-6,10,13,17H,7-9H2,1-2H3. The summed E-state index contributed by atoms with van der Waals surface area (Å²) in [5.74, 6) is 0.633. The first-order chi connectivity index (χ1) is 9.93. The van der Waals surface area contributed by atoms with Crippen molar-refractivity contribution in [2.24, 2.45) is 0 Å². The average molecular weight is 327 g/mol. The lowest BCUT2D eigenvalue weighted by molar-refractivity contribution is -0.132. The maximum atomic E-state index is 12.7. The summed E-state index contributed by atoms with van der Waals surface area (Å²) in [4.78, 5) is 14.6. The van der Waals surface area contributed by atoms with Crippen LogP contribution in [0.15, 0.2) is 24.3 Å². The summed E-state index contributed by atoms with van der Waals surface area (Å²) >= 11 is 5.94. The molecule has 1 saturated heterocycles. The predicted molar refractivity (Wildman–Crippen MR) is 84.5 cm³/mol. The van der Waals surface area contributed by atoms with Gasteiger partial charge in [-0.25, -0.2) is 0 Å². The maximum Gasteiger partial charge on any atom is 0.244 e. The van der Waals surface area contributed by atoms with Gasteiger partial charge >= 0.3 is 0 Å². The highest BCUT2D eigenvalue weighted by Crippen LogP contribution is 2.46. The quantitative estimate of drug-likeness (QED) is 0.921. The average Bonchev–Trinajstić information content (AvgIpc) is 3.12. The van der Waals surface area contributed by atoms with E-state index >= 15 is 0 Å². The Hall–Kier alpha value is -0.910. The van der Waals surface area contributed by atoms with Crippen molar-refractivity contribution in [3.63, 3.8) is 0 Å². The molecule has 0 radical (unpaired) electrons. The Labute approximate surface area is 132 Å². The lowest BCUT2D eigenvalue weighted by Crippen LogP contribution is -2.41. The van der Waals surface area contributed by atoms with E-state index in [1.165, 1.54) is 0 Å². The molecule has 3 rings (SSSR count). The number of amides is 1. The van der Waals surface area contributed by atoms with Gasteiger partial charge in [-0.1, -0.05) is 23.7 Å². The highest BCUT2D eigenvalue weighted by molar-refractivity contribution is 7.84. The first-order valence-corrected chi connectivity index (χ1v) is 9.19. The summed E-state index contributed by atoms with van der Waals surface area (Å²) in [6.07, 6.45) is 3.29. The van der Waals surface area contributed by atoms with E-state index in [4.69, 9.17) is 11.6 Å². The van der Waals surface area contributed by atoms with Crippen LogP contribution in [-0.4, -0.2) is 38.6 Å². The molecule has 2 aliphatic rings. The highest BCUT2D eigenvalue weighted by Gasteiger charge is 2.60. The number of carbonyl (C=O) groups is 1. The first-order valence-electron chi connectivity index (χ1n) is 7.09. The van der Waals surface area contributed by atoms with E-state index in [1.54, 1.807) is 6.26 Å². The van der Waals surface area contributed by atoms with Crippen molar-refractivity contribution in [2.75, 3.05) is 12.0 Å². The molecule has 1 aliphatic heterocycles. The molecule has 1 spiro atoms. The van der Waals surface area contributed by atoms with Crippen molar-refractivity contribution in [1.29, 1.82) is 0 Å². The topological polar surface area (TPSA) is 49.4 Å². The Morgan fingerprint density at radius 3 is 2.57 bits per heavy atom. The molecule has 4 nitrogen and oxygen atoms in total. The van der Waals surface area contributed by atoms with E-state index < -0.39 is 10.8 Å². The monoisotopic (exact) mass is 326 g/mol. The Bertz CT molecular complexity index is 586. The fourth-order valence-electron chi connectivity index (χ4n) is 3.00. The minimum atomic E-state index is -0.929. The smallest absolute Gasteiger partial charge is 0.244 e. The third kappa shape index (κ3) is 2.74. The molecule has 1 amide bonds. The molecular formula is C15H19ClN2O2S. The SMILES string of the molecule is CC(CS(C)=O)N1C(=O)C2(CC2)NC1c1ccc(Cl)cc1. The fourth-order valence-corrected chi connectivity index (χ4v) is 3.97. The summed E-state index contributed by atoms with van der Waals surface area (Å²) in [5.41, 5.74) is 0.638. The molecule has 2 fully saturated rings. The van der Waals surface area contributed by atoms with E-state index in [2.05, 4.69) is 5.32 Å². The van der Waals surface area contributed by atoms with Crippen molar-refractivity contribution in [3.8, 4) is 0 Å². The van der Waals surface area contributed by atoms with E-state index in [1.807, 2.05) is 36.1 Å². The zero-order valence-corrected chi connectivity index (χ0v) is 13.7. The van der Waals surface area contributed by atoms with Crippen molar-refractivity contribution in [3.05, 3.63) is 34.9 Å². The Balaban J connectivity index is 1.91. The molecule has 1 aromatic rings. The molecule has 114 valence electrons. The van der Waals surface area contributed by atoms with E-state index in [0.29, 0.717) is 10.8 Å². The molecule has 1 saturated carbocycles. The number of halogens is 1. The van der Waals surface area contributed by atoms with Gasteiger partial charge in [0.25, 0.3) is 0 Å². The van der Waals surface area contributed by atoms with Gasteiger partial charge in [0.1, 0.15) is 11.7 Å². The third-order valence-electron chi connectivity index (χ3n) is 4.22. The lowest BCUT2D eigenvalue weighted by Gasteiger charge is -2.30. The number of carbonyl (C=O) groups excluding carboxylic acids is 1. The second kappa shape index (κ2) is 5.38. The first kappa shape index (κ1) is 15.0. The largest absolute Gasteiger partial charge is 0.318 e. The van der Waals surface area contributed by atoms with Crippen LogP contribution in [0.1, 0.15) is 31.5 Å². The summed E-state index contributed by atoms with van der Waals surface area (Å²) in [5, 5.41) is 4.14. The van der Waals surface area contributed by atoms with Crippen LogP contribution in [0.5, 0.6) is 0 Å². The van der Waals surface area contributed by atoms with Crippen LogP contribution < -0.4 is 5.32 Å². The zero-order valence-electron chi connectivity index (χ0n) is 12.1. The third-order valence-corrected chi connectivity index (χ3v) is 5.43. The summed E-state index contributed by atoms with van der Waals surface area (Å²) in [7, 11) is -0.929. The number of nitrogens with one attached hydrogen (secondary N) is 1. The van der Waals surface area contributed by atoms with Gasteiger partial charge in [0, 0.05) is 33.9 Å². The Kier molecular flexibility index (Phi) is 3.84. The summed E-state index contributed by atoms with van der Waals surface area (Å²) in [6.45, 7) is 1.96. The molecule has 1 aliphatic carbocycles. The normalized spacial score (nSPS) is 26.1. The van der Waals surface area contributed by atoms with Crippen molar-refractivity contribution < 1.29 is 9.00 Å². The van der Waals surface area contributed by atoms with Gasteiger partial charge < -0.3 is 4.90 Å². The molecule has 1 aromatic carbocycles. The minimum absolute atomic E-state index is 0.0588. The van der Waals surface area contributed by atoms with E-state index in [0.717, 1.165) is 18.4 Å². The van der Waals surface area contributed by atoms with Gasteiger partial charge in [0.15, 0.2) is 0 Å². The molecule has 0 aromatic heterocycles. The van der Waals surface area contributed by atoms with Gasteiger partial charge in [0.05, 0.1) is 0 Å². The van der Waals surface area contributed by atoms with Crippen LogP contribution in [0.25, 0.3) is 0 Å². The van der Waals surface area contributed by atoms with Crippen LogP contribution >= 0.6 is 11.6 Å². The van der Waals surface area contributed by atoms with Gasteiger partial charge in [-0.3, -0.25) is 14.3 Å². The number of hydrogen-bond donors (Lipinski definition) is 1. The Morgan fingerprint density at radius 1 is 1.43 bits per heavy atom. The van der Waals surface area contributed by atoms with Crippen LogP contribution in [0, 0.1) is 0 Å². The van der Waals surface area contributed by atoms with Crippen molar-refractivity contribution in [2.45, 2.75) is 37.5 Å². The van der Waals surface area contributed by atoms with Gasteiger partial charge in [-0.15, -0.1) is 0 Å². The van der Waals surface area contributed by atoms with Crippen molar-refractivity contribution in [1.82, 2.24) is 10.2 Å². The lowest BCUT2D eigenvalue weighted by atomic mass is 10.1. The number of nitrogens with zero attached hydrogens (tertiary/aromatic N) is 1. The predicted octanol–water partition coefficient (Wildman–Crippen LogP) is 2.07. The van der Waals surface area contributed by atoms with Crippen LogP contribution in [0.2, 0.25) is 5.02 Å². The fraction of sp³-hybridized carbons (Fsp3) is 0.533. The minimum Gasteiger partial charge on any atom is -0.318 e. The van der Waals surface area contributed by atoms with Gasteiger partial charge in [-0.2, -0.15) is 0 Å². The number of benzene rings is 1. The number of hydrogen-bond acceptors (Lipinski definition) is 3. The number of rotatable bonds is 4. The maximum absolute atomic E-state index is 12.7. The molecule has 0 bridgehead atoms. The Morgan fingerprint density at radius 2 is 2.05 bits per heavy atom. The second-order valence-corrected chi connectivity index (χ2v) is 7.90. The molecular weight excluding hydrogens is 308 g/mol. The van der Waals surface area contributed by atoms with Crippen LogP contribution in [0.4, 0.5) is 0 Å². The molecule has 1 N–H and O–H groups in total. The highest BCUT2D eigenvalue weighted by atomic mass is 35.5. The van der Waals surface area contributed by atoms with Crippen molar-refractivity contribution >= 4 is 28.3 Å². The molecule has 6 heteroatoms. The molecule has 3 unspecified atom stereocenters. The van der Waals surface area contributed by atoms with E-state index in [-0.39, 0.29) is 23.7 Å². The second-order valence-electron chi connectivity index (χ2n) is 5.98. The molecule has 3 atom stereocenters. The molecule has 21 heavy (non-hydrogen) atoms. The van der Waals surface area contributed by atoms with E-state index in [9.17, 15) is 9.00 Å². The van der Waals surface area contributed by atoms with Gasteiger partial charge in [-0.05, 0) is 37.5 Å². The summed E-state index contributed by atoms with van der Waals surface area (Å²) < 4.78 is 11.5. The van der Waals surface area contributed by atoms with Crippen LogP contribution in [0.3, 0.4) is 0 Å². The van der Waals surface area contributed by atoms with Gasteiger partial charge in [0.2, 0.25) is 5.91 Å². The molecule has 1 heterocycles.